The lowest BCUT2D eigenvalue weighted by Crippen LogP contribution is -2.46. The summed E-state index contributed by atoms with van der Waals surface area (Å²) in [5.74, 6) is 0.853. The third-order valence-electron chi connectivity index (χ3n) is 3.60. The third-order valence-corrected chi connectivity index (χ3v) is 4.53. The summed E-state index contributed by atoms with van der Waals surface area (Å²) >= 11 is 1.86. The highest BCUT2D eigenvalue weighted by atomic mass is 32.1. The van der Waals surface area contributed by atoms with E-state index < -0.39 is 0 Å². The van der Waals surface area contributed by atoms with Crippen LogP contribution in [0.15, 0.2) is 17.5 Å². The van der Waals surface area contributed by atoms with E-state index in [1.807, 2.05) is 11.3 Å². The van der Waals surface area contributed by atoms with Gasteiger partial charge in [-0.05, 0) is 43.2 Å². The minimum atomic E-state index is 0.615. The number of thiophene rings is 1. The SMILES string of the molecule is CC1CCN(CCc2cccs2)C(CN)C1. The Labute approximate surface area is 102 Å². The predicted octanol–water partition coefficient (Wildman–Crippen LogP) is 2.35. The van der Waals surface area contributed by atoms with Crippen LogP contribution in [-0.2, 0) is 6.42 Å². The standard InChI is InChI=1S/C13H22N2S/c1-11-4-6-15(12(9-11)10-14)7-5-13-3-2-8-16-13/h2-3,8,11-12H,4-7,9-10,14H2,1H3. The molecule has 0 aromatic carbocycles. The molecule has 2 rings (SSSR count). The van der Waals surface area contributed by atoms with Crippen LogP contribution in [-0.4, -0.2) is 30.6 Å². The van der Waals surface area contributed by atoms with Crippen LogP contribution in [0, 0.1) is 5.92 Å². The molecule has 2 nitrogen and oxygen atoms in total. The number of nitrogens with zero attached hydrogens (tertiary/aromatic N) is 1. The Morgan fingerprint density at radius 2 is 2.44 bits per heavy atom. The maximum Gasteiger partial charge on any atom is 0.0221 e. The van der Waals surface area contributed by atoms with Crippen LogP contribution in [0.3, 0.4) is 0 Å². The first-order chi connectivity index (χ1) is 7.79. The monoisotopic (exact) mass is 238 g/mol. The van der Waals surface area contributed by atoms with E-state index in [-0.39, 0.29) is 0 Å². The fourth-order valence-electron chi connectivity index (χ4n) is 2.55. The summed E-state index contributed by atoms with van der Waals surface area (Å²) in [5.41, 5.74) is 5.87. The van der Waals surface area contributed by atoms with Crippen LogP contribution in [0.5, 0.6) is 0 Å². The van der Waals surface area contributed by atoms with Gasteiger partial charge in [0.2, 0.25) is 0 Å². The number of hydrogen-bond donors (Lipinski definition) is 1. The van der Waals surface area contributed by atoms with Gasteiger partial charge in [0.25, 0.3) is 0 Å². The summed E-state index contributed by atoms with van der Waals surface area (Å²) in [6.45, 7) is 5.57. The zero-order valence-electron chi connectivity index (χ0n) is 10.1. The van der Waals surface area contributed by atoms with Gasteiger partial charge in [0.1, 0.15) is 0 Å². The molecule has 90 valence electrons. The van der Waals surface area contributed by atoms with Crippen molar-refractivity contribution in [2.24, 2.45) is 11.7 Å². The maximum atomic E-state index is 5.87. The largest absolute Gasteiger partial charge is 0.329 e. The molecule has 3 heteroatoms. The molecule has 2 N–H and O–H groups in total. The van der Waals surface area contributed by atoms with Crippen LogP contribution in [0.2, 0.25) is 0 Å². The Morgan fingerprint density at radius 1 is 1.56 bits per heavy atom. The highest BCUT2D eigenvalue weighted by Crippen LogP contribution is 2.22. The van der Waals surface area contributed by atoms with E-state index in [9.17, 15) is 0 Å². The fraction of sp³-hybridized carbons (Fsp3) is 0.692. The number of rotatable bonds is 4. The van der Waals surface area contributed by atoms with E-state index in [0.717, 1.165) is 12.5 Å². The molecule has 1 saturated heterocycles. The number of piperidine rings is 1. The second kappa shape index (κ2) is 5.80. The number of hydrogen-bond acceptors (Lipinski definition) is 3. The van der Waals surface area contributed by atoms with Crippen molar-refractivity contribution >= 4 is 11.3 Å². The van der Waals surface area contributed by atoms with Crippen molar-refractivity contribution in [3.8, 4) is 0 Å². The summed E-state index contributed by atoms with van der Waals surface area (Å²) in [6.07, 6.45) is 3.80. The van der Waals surface area contributed by atoms with Crippen molar-refractivity contribution in [3.05, 3.63) is 22.4 Å². The van der Waals surface area contributed by atoms with Gasteiger partial charge in [0.05, 0.1) is 0 Å². The van der Waals surface area contributed by atoms with Gasteiger partial charge in [-0.15, -0.1) is 11.3 Å². The van der Waals surface area contributed by atoms with Crippen LogP contribution < -0.4 is 5.73 Å². The molecule has 0 radical (unpaired) electrons. The van der Waals surface area contributed by atoms with E-state index in [2.05, 4.69) is 29.3 Å². The van der Waals surface area contributed by atoms with E-state index in [0.29, 0.717) is 6.04 Å². The van der Waals surface area contributed by atoms with Crippen molar-refractivity contribution in [3.63, 3.8) is 0 Å². The van der Waals surface area contributed by atoms with Crippen LogP contribution >= 0.6 is 11.3 Å². The molecular formula is C13H22N2S. The lowest BCUT2D eigenvalue weighted by Gasteiger charge is -2.37. The highest BCUT2D eigenvalue weighted by molar-refractivity contribution is 7.09. The summed E-state index contributed by atoms with van der Waals surface area (Å²) < 4.78 is 0. The van der Waals surface area contributed by atoms with E-state index in [1.165, 1.54) is 37.2 Å². The maximum absolute atomic E-state index is 5.87. The van der Waals surface area contributed by atoms with Crippen LogP contribution in [0.4, 0.5) is 0 Å². The Hall–Kier alpha value is -0.380. The average Bonchev–Trinajstić information content (AvgIpc) is 2.80. The summed E-state index contributed by atoms with van der Waals surface area (Å²) in [7, 11) is 0. The van der Waals surface area contributed by atoms with E-state index in [4.69, 9.17) is 5.73 Å². The van der Waals surface area contributed by atoms with Crippen LogP contribution in [0.25, 0.3) is 0 Å². The summed E-state index contributed by atoms with van der Waals surface area (Å²) in [4.78, 5) is 4.08. The Kier molecular flexibility index (Phi) is 4.38. The predicted molar refractivity (Wildman–Crippen MR) is 70.8 cm³/mol. The second-order valence-electron chi connectivity index (χ2n) is 4.88. The molecular weight excluding hydrogens is 216 g/mol. The molecule has 1 fully saturated rings. The highest BCUT2D eigenvalue weighted by Gasteiger charge is 2.24. The second-order valence-corrected chi connectivity index (χ2v) is 5.92. The molecule has 0 spiro atoms. The number of nitrogens with two attached hydrogens (primary N) is 1. The lowest BCUT2D eigenvalue weighted by atomic mass is 9.92. The van der Waals surface area contributed by atoms with Crippen molar-refractivity contribution < 1.29 is 0 Å². The zero-order chi connectivity index (χ0) is 11.4. The fourth-order valence-corrected chi connectivity index (χ4v) is 3.25. The quantitative estimate of drug-likeness (QED) is 0.872. The zero-order valence-corrected chi connectivity index (χ0v) is 10.9. The first-order valence-corrected chi connectivity index (χ1v) is 7.14. The lowest BCUT2D eigenvalue weighted by molar-refractivity contribution is 0.124. The van der Waals surface area contributed by atoms with E-state index in [1.54, 1.807) is 0 Å². The topological polar surface area (TPSA) is 29.3 Å². The van der Waals surface area contributed by atoms with Gasteiger partial charge in [-0.3, -0.25) is 4.90 Å². The van der Waals surface area contributed by atoms with Gasteiger partial charge >= 0.3 is 0 Å². The molecule has 2 unspecified atom stereocenters. The smallest absolute Gasteiger partial charge is 0.0221 e. The number of likely N-dealkylation sites (tertiary alicyclic amines) is 1. The molecule has 16 heavy (non-hydrogen) atoms. The molecule has 0 aliphatic carbocycles. The van der Waals surface area contributed by atoms with Crippen molar-refractivity contribution in [2.75, 3.05) is 19.6 Å². The van der Waals surface area contributed by atoms with E-state index >= 15 is 0 Å². The van der Waals surface area contributed by atoms with Crippen molar-refractivity contribution in [2.45, 2.75) is 32.2 Å². The van der Waals surface area contributed by atoms with Gasteiger partial charge in [0, 0.05) is 24.0 Å². The van der Waals surface area contributed by atoms with Crippen molar-refractivity contribution in [1.82, 2.24) is 4.90 Å². The normalized spacial score (nSPS) is 27.1. The van der Waals surface area contributed by atoms with Crippen molar-refractivity contribution in [1.29, 1.82) is 0 Å². The minimum Gasteiger partial charge on any atom is -0.329 e. The summed E-state index contributed by atoms with van der Waals surface area (Å²) in [6, 6.07) is 4.98. The van der Waals surface area contributed by atoms with Gasteiger partial charge < -0.3 is 5.73 Å². The average molecular weight is 238 g/mol. The Morgan fingerprint density at radius 3 is 3.12 bits per heavy atom. The van der Waals surface area contributed by atoms with Gasteiger partial charge in [-0.1, -0.05) is 13.0 Å². The van der Waals surface area contributed by atoms with Gasteiger partial charge in [-0.25, -0.2) is 0 Å². The molecule has 1 aromatic heterocycles. The Bertz CT molecular complexity index is 297. The molecule has 1 aliphatic heterocycles. The minimum absolute atomic E-state index is 0.615. The van der Waals surface area contributed by atoms with Gasteiger partial charge in [0.15, 0.2) is 0 Å². The Balaban J connectivity index is 1.83. The van der Waals surface area contributed by atoms with Crippen LogP contribution in [0.1, 0.15) is 24.6 Å². The molecule has 2 atom stereocenters. The van der Waals surface area contributed by atoms with Gasteiger partial charge in [-0.2, -0.15) is 0 Å². The molecule has 0 bridgehead atoms. The first kappa shape index (κ1) is 12.1. The summed E-state index contributed by atoms with van der Waals surface area (Å²) in [5, 5.41) is 2.16. The first-order valence-electron chi connectivity index (χ1n) is 6.26. The molecule has 1 aromatic rings. The molecule has 1 aliphatic rings. The molecule has 2 heterocycles. The third kappa shape index (κ3) is 3.06. The molecule has 0 saturated carbocycles. The molecule has 0 amide bonds.